The number of carboxylic acid groups (broad SMARTS) is 1. The number of pyridine rings is 1. The first-order chi connectivity index (χ1) is 17.6. The third-order valence-corrected chi connectivity index (χ3v) is 7.82. The summed E-state index contributed by atoms with van der Waals surface area (Å²) in [5.41, 5.74) is 0.0763. The maximum atomic E-state index is 12.5. The normalized spacial score (nSPS) is 11.7. The van der Waals surface area contributed by atoms with Crippen LogP contribution in [-0.4, -0.2) is 61.8 Å². The molecule has 2 heterocycles. The van der Waals surface area contributed by atoms with E-state index in [1.165, 1.54) is 50.8 Å². The molecule has 0 unspecified atom stereocenters. The molecule has 0 saturated heterocycles. The highest BCUT2D eigenvalue weighted by molar-refractivity contribution is 7.91. The van der Waals surface area contributed by atoms with Gasteiger partial charge in [0.2, 0.25) is 10.0 Å². The van der Waals surface area contributed by atoms with Crippen LogP contribution in [-0.2, 0) is 24.7 Å². The molecule has 0 aliphatic carbocycles. The first-order valence-electron chi connectivity index (χ1n) is 10.2. The van der Waals surface area contributed by atoms with Crippen LogP contribution < -0.4 is 15.4 Å². The van der Waals surface area contributed by atoms with Crippen LogP contribution in [0.1, 0.15) is 6.92 Å². The van der Waals surface area contributed by atoms with Crippen LogP contribution in [0.2, 0.25) is 5.02 Å². The summed E-state index contributed by atoms with van der Waals surface area (Å²) in [5.74, 6) is -1.79. The lowest BCUT2D eigenvalue weighted by atomic mass is 10.3. The van der Waals surface area contributed by atoms with E-state index in [-0.39, 0.29) is 27.0 Å². The fraction of sp³-hybridized carbons (Fsp3) is 0.200. The van der Waals surface area contributed by atoms with Gasteiger partial charge in [-0.25, -0.2) is 41.3 Å². The Morgan fingerprint density at radius 3 is 2.08 bits per heavy atom. The van der Waals surface area contributed by atoms with Crippen LogP contribution >= 0.6 is 11.6 Å². The van der Waals surface area contributed by atoms with Crippen molar-refractivity contribution in [2.24, 2.45) is 0 Å². The first kappa shape index (κ1) is 30.7. The molecule has 3 rings (SSSR count). The topological polar surface area (TPSA) is 180 Å². The summed E-state index contributed by atoms with van der Waals surface area (Å²) in [5, 5.41) is 13.5. The highest BCUT2D eigenvalue weighted by Gasteiger charge is 2.38. The standard InChI is InChI=1S/C18H19ClN6O4S2.C2HF3O2/c1-3-30(26,27)15-6-5-13(31(28,29)20-2)8-14(15)24-17-9-18(23-11-22-17)25-16-7-4-12(19)10-21-16;3-2(4,5)1(6)7/h4-11,20H,3H2,1-2H3,(H2,21,22,23,24,25);(H,6,7). The average Bonchev–Trinajstić information content (AvgIpc) is 2.85. The van der Waals surface area contributed by atoms with E-state index in [4.69, 9.17) is 21.5 Å². The number of nitrogens with zero attached hydrogens (tertiary/aromatic N) is 3. The minimum absolute atomic E-state index is 0.0439. The second kappa shape index (κ2) is 12.3. The van der Waals surface area contributed by atoms with E-state index < -0.39 is 32.0 Å². The molecule has 0 spiro atoms. The fourth-order valence-corrected chi connectivity index (χ4v) is 4.43. The van der Waals surface area contributed by atoms with E-state index in [1.54, 1.807) is 12.1 Å². The lowest BCUT2D eigenvalue weighted by Gasteiger charge is -2.14. The molecule has 1 aromatic carbocycles. The van der Waals surface area contributed by atoms with Crippen LogP contribution in [0.4, 0.5) is 36.3 Å². The monoisotopic (exact) mass is 596 g/mol. The Kier molecular flexibility index (Phi) is 9.96. The van der Waals surface area contributed by atoms with Crippen LogP contribution in [0.5, 0.6) is 0 Å². The zero-order chi connectivity index (χ0) is 28.7. The van der Waals surface area contributed by atoms with Crippen LogP contribution in [0.25, 0.3) is 0 Å². The van der Waals surface area contributed by atoms with Gasteiger partial charge in [0.25, 0.3) is 0 Å². The van der Waals surface area contributed by atoms with Crippen molar-refractivity contribution in [2.75, 3.05) is 23.4 Å². The third-order valence-electron chi connectivity index (χ3n) is 4.40. The van der Waals surface area contributed by atoms with E-state index in [9.17, 15) is 30.0 Å². The first-order valence-corrected chi connectivity index (χ1v) is 13.7. The Balaban J connectivity index is 0.000000638. The molecule has 18 heteroatoms. The molecule has 206 valence electrons. The minimum atomic E-state index is -5.08. The van der Waals surface area contributed by atoms with Gasteiger partial charge in [-0.1, -0.05) is 18.5 Å². The predicted molar refractivity (Wildman–Crippen MR) is 132 cm³/mol. The molecule has 0 radical (unpaired) electrons. The maximum Gasteiger partial charge on any atom is 0.490 e. The van der Waals surface area contributed by atoms with Crippen LogP contribution in [0.15, 0.2) is 58.7 Å². The van der Waals surface area contributed by atoms with E-state index in [1.807, 2.05) is 0 Å². The number of aromatic nitrogens is 3. The van der Waals surface area contributed by atoms with Gasteiger partial charge in [-0.3, -0.25) is 0 Å². The van der Waals surface area contributed by atoms with Crippen molar-refractivity contribution in [3.05, 3.63) is 53.9 Å². The molecule has 0 aliphatic heterocycles. The van der Waals surface area contributed by atoms with E-state index in [0.717, 1.165) is 0 Å². The summed E-state index contributed by atoms with van der Waals surface area (Å²) < 4.78 is 83.3. The molecule has 0 aliphatic rings. The second-order valence-corrected chi connectivity index (χ2v) is 11.5. The molecule has 3 aromatic rings. The molecular weight excluding hydrogens is 577 g/mol. The number of carbonyl (C=O) groups is 1. The Bertz CT molecular complexity index is 1500. The maximum absolute atomic E-state index is 12.5. The van der Waals surface area contributed by atoms with Crippen LogP contribution in [0.3, 0.4) is 0 Å². The number of nitrogens with one attached hydrogen (secondary N) is 3. The predicted octanol–water partition coefficient (Wildman–Crippen LogP) is 3.35. The average molecular weight is 597 g/mol. The number of hydrogen-bond donors (Lipinski definition) is 4. The van der Waals surface area contributed by atoms with Gasteiger partial charge in [0.15, 0.2) is 9.84 Å². The SMILES string of the molecule is CCS(=O)(=O)c1ccc(S(=O)(=O)NC)cc1Nc1cc(Nc2ccc(Cl)cn2)ncn1.O=C(O)C(F)(F)F. The summed E-state index contributed by atoms with van der Waals surface area (Å²) in [6, 6.07) is 8.58. The smallest absolute Gasteiger partial charge is 0.475 e. The van der Waals surface area contributed by atoms with Gasteiger partial charge in [-0.15, -0.1) is 0 Å². The quantitative estimate of drug-likeness (QED) is 0.299. The Hall–Kier alpha value is -3.54. The summed E-state index contributed by atoms with van der Waals surface area (Å²) in [7, 11) is -6.15. The van der Waals surface area contributed by atoms with Crippen molar-refractivity contribution in [3.63, 3.8) is 0 Å². The van der Waals surface area contributed by atoms with Gasteiger partial charge in [-0.2, -0.15) is 13.2 Å². The van der Waals surface area contributed by atoms with Gasteiger partial charge >= 0.3 is 12.1 Å². The van der Waals surface area contributed by atoms with Crippen molar-refractivity contribution in [3.8, 4) is 0 Å². The number of hydrogen-bond acceptors (Lipinski definition) is 10. The molecule has 0 saturated carbocycles. The van der Waals surface area contributed by atoms with E-state index in [2.05, 4.69) is 30.3 Å². The Labute approximate surface area is 220 Å². The molecule has 38 heavy (non-hydrogen) atoms. The van der Waals surface area contributed by atoms with Gasteiger partial charge in [-0.05, 0) is 37.4 Å². The van der Waals surface area contributed by atoms with Crippen molar-refractivity contribution in [2.45, 2.75) is 22.9 Å². The molecule has 12 nitrogen and oxygen atoms in total. The third kappa shape index (κ3) is 8.51. The molecule has 0 amide bonds. The lowest BCUT2D eigenvalue weighted by Crippen LogP contribution is -2.21. The van der Waals surface area contributed by atoms with Crippen molar-refractivity contribution < 1.29 is 39.9 Å². The lowest BCUT2D eigenvalue weighted by molar-refractivity contribution is -0.192. The minimum Gasteiger partial charge on any atom is -0.475 e. The number of alkyl halides is 3. The summed E-state index contributed by atoms with van der Waals surface area (Å²) in [6.07, 6.45) is -2.34. The molecule has 0 atom stereocenters. The number of halogens is 4. The zero-order valence-electron chi connectivity index (χ0n) is 19.5. The molecule has 4 N–H and O–H groups in total. The number of aliphatic carboxylic acids is 1. The number of carboxylic acids is 1. The van der Waals surface area contributed by atoms with Crippen molar-refractivity contribution in [1.29, 1.82) is 0 Å². The summed E-state index contributed by atoms with van der Waals surface area (Å²) >= 11 is 5.83. The number of sulfone groups is 1. The molecule has 0 bridgehead atoms. The van der Waals surface area contributed by atoms with Gasteiger partial charge in [0.05, 0.1) is 26.3 Å². The van der Waals surface area contributed by atoms with Crippen molar-refractivity contribution >= 4 is 60.6 Å². The number of benzene rings is 1. The Morgan fingerprint density at radius 1 is 0.974 bits per heavy atom. The molecule has 0 fully saturated rings. The van der Waals surface area contributed by atoms with Gasteiger partial charge < -0.3 is 15.7 Å². The summed E-state index contributed by atoms with van der Waals surface area (Å²) in [4.78, 5) is 21.1. The zero-order valence-corrected chi connectivity index (χ0v) is 21.9. The van der Waals surface area contributed by atoms with Gasteiger partial charge in [0.1, 0.15) is 23.8 Å². The van der Waals surface area contributed by atoms with Gasteiger partial charge in [0, 0.05) is 12.3 Å². The Morgan fingerprint density at radius 2 is 1.58 bits per heavy atom. The van der Waals surface area contributed by atoms with Crippen molar-refractivity contribution in [1.82, 2.24) is 19.7 Å². The highest BCUT2D eigenvalue weighted by atomic mass is 35.5. The van der Waals surface area contributed by atoms with E-state index >= 15 is 0 Å². The van der Waals surface area contributed by atoms with Crippen LogP contribution in [0, 0.1) is 0 Å². The molecular formula is C20H20ClF3N6O6S2. The highest BCUT2D eigenvalue weighted by Crippen LogP contribution is 2.29. The molecule has 2 aromatic heterocycles. The van der Waals surface area contributed by atoms with E-state index in [0.29, 0.717) is 16.7 Å². The largest absolute Gasteiger partial charge is 0.490 e. The fourth-order valence-electron chi connectivity index (χ4n) is 2.53. The second-order valence-electron chi connectivity index (χ2n) is 6.97. The summed E-state index contributed by atoms with van der Waals surface area (Å²) in [6.45, 7) is 1.50. The number of rotatable bonds is 8. The number of anilines is 4. The number of sulfonamides is 1.